The smallest absolute Gasteiger partial charge is 0.240 e. The lowest BCUT2D eigenvalue weighted by molar-refractivity contribution is -0.117. The largest absolute Gasteiger partial charge is 0.310 e. The first kappa shape index (κ1) is 15.1. The van der Waals surface area contributed by atoms with Gasteiger partial charge in [-0.05, 0) is 19.1 Å². The first-order chi connectivity index (χ1) is 10.2. The molecule has 0 radical (unpaired) electrons. The van der Waals surface area contributed by atoms with Crippen molar-refractivity contribution in [3.8, 4) is 6.07 Å². The normalized spacial score (nSPS) is 11.6. The van der Waals surface area contributed by atoms with Crippen LogP contribution < -0.4 is 4.90 Å². The first-order valence-electron chi connectivity index (χ1n) is 6.47. The minimum Gasteiger partial charge on any atom is -0.310 e. The van der Waals surface area contributed by atoms with Gasteiger partial charge in [-0.2, -0.15) is 10.4 Å². The number of rotatable bonds is 6. The monoisotopic (exact) mass is 301 g/mol. The maximum atomic E-state index is 12.6. The van der Waals surface area contributed by atoms with Gasteiger partial charge in [-0.3, -0.25) is 9.89 Å². The van der Waals surface area contributed by atoms with Crippen LogP contribution in [0, 0.1) is 11.3 Å². The van der Waals surface area contributed by atoms with Gasteiger partial charge in [-0.15, -0.1) is 0 Å². The van der Waals surface area contributed by atoms with E-state index in [2.05, 4.69) is 21.3 Å². The van der Waals surface area contributed by atoms with Gasteiger partial charge in [0, 0.05) is 12.2 Å². The number of nitriles is 1. The molecule has 0 unspecified atom stereocenters. The molecule has 0 spiro atoms. The Labute approximate surface area is 127 Å². The summed E-state index contributed by atoms with van der Waals surface area (Å²) in [6.45, 7) is 2.19. The minimum atomic E-state index is -0.322. The zero-order chi connectivity index (χ0) is 15.1. The molecule has 1 amide bonds. The molecule has 1 heterocycles. The zero-order valence-corrected chi connectivity index (χ0v) is 12.4. The van der Waals surface area contributed by atoms with Crippen LogP contribution in [0.2, 0.25) is 0 Å². The van der Waals surface area contributed by atoms with Crippen LogP contribution in [0.25, 0.3) is 0 Å². The molecule has 0 saturated heterocycles. The molecular formula is C14H15N5OS. The van der Waals surface area contributed by atoms with E-state index in [1.54, 1.807) is 4.90 Å². The summed E-state index contributed by atoms with van der Waals surface area (Å²) in [4.78, 5) is 18.3. The van der Waals surface area contributed by atoms with Crippen molar-refractivity contribution in [2.45, 2.75) is 23.8 Å². The van der Waals surface area contributed by atoms with E-state index in [9.17, 15) is 4.79 Å². The molecule has 2 aromatic rings. The molecule has 21 heavy (non-hydrogen) atoms. The summed E-state index contributed by atoms with van der Waals surface area (Å²) >= 11 is 1.31. The molecule has 0 aliphatic rings. The van der Waals surface area contributed by atoms with Gasteiger partial charge in [0.05, 0.1) is 17.7 Å². The van der Waals surface area contributed by atoms with E-state index in [-0.39, 0.29) is 11.2 Å². The molecular weight excluding hydrogens is 286 g/mol. The highest BCUT2D eigenvalue weighted by molar-refractivity contribution is 8.00. The first-order valence-corrected chi connectivity index (χ1v) is 7.35. The summed E-state index contributed by atoms with van der Waals surface area (Å²) in [5.41, 5.74) is 0.794. The predicted molar refractivity (Wildman–Crippen MR) is 80.7 cm³/mol. The summed E-state index contributed by atoms with van der Waals surface area (Å²) in [6, 6.07) is 11.4. The van der Waals surface area contributed by atoms with E-state index in [1.165, 1.54) is 18.1 Å². The molecule has 1 aromatic heterocycles. The second-order valence-corrected chi connectivity index (χ2v) is 5.61. The Morgan fingerprint density at radius 3 is 2.86 bits per heavy atom. The summed E-state index contributed by atoms with van der Waals surface area (Å²) in [5, 5.41) is 15.5. The third-order valence-electron chi connectivity index (χ3n) is 2.81. The van der Waals surface area contributed by atoms with Crippen LogP contribution in [0.1, 0.15) is 13.3 Å². The Bertz CT molecular complexity index is 608. The maximum Gasteiger partial charge on any atom is 0.240 e. The third kappa shape index (κ3) is 4.07. The summed E-state index contributed by atoms with van der Waals surface area (Å²) in [6.07, 6.45) is 1.70. The fourth-order valence-corrected chi connectivity index (χ4v) is 2.60. The molecule has 2 rings (SSSR count). The van der Waals surface area contributed by atoms with Crippen molar-refractivity contribution in [3.05, 3.63) is 36.7 Å². The highest BCUT2D eigenvalue weighted by Crippen LogP contribution is 2.23. The van der Waals surface area contributed by atoms with E-state index < -0.39 is 0 Å². The molecule has 1 aromatic carbocycles. The Morgan fingerprint density at radius 1 is 1.48 bits per heavy atom. The maximum absolute atomic E-state index is 12.6. The lowest BCUT2D eigenvalue weighted by Crippen LogP contribution is -2.37. The fourth-order valence-electron chi connectivity index (χ4n) is 1.82. The summed E-state index contributed by atoms with van der Waals surface area (Å²) < 4.78 is 0. The molecule has 6 nitrogen and oxygen atoms in total. The number of benzene rings is 1. The van der Waals surface area contributed by atoms with Crippen LogP contribution in [0.4, 0.5) is 5.69 Å². The van der Waals surface area contributed by atoms with Crippen molar-refractivity contribution in [2.24, 2.45) is 0 Å². The molecule has 108 valence electrons. The Balaban J connectivity index is 2.12. The number of anilines is 1. The number of aromatic nitrogens is 3. The van der Waals surface area contributed by atoms with Crippen molar-refractivity contribution in [3.63, 3.8) is 0 Å². The van der Waals surface area contributed by atoms with Crippen LogP contribution >= 0.6 is 11.8 Å². The number of nitrogens with one attached hydrogen (secondary N) is 1. The molecule has 0 fully saturated rings. The van der Waals surface area contributed by atoms with Gasteiger partial charge in [0.15, 0.2) is 5.16 Å². The quantitative estimate of drug-likeness (QED) is 0.827. The van der Waals surface area contributed by atoms with E-state index in [4.69, 9.17) is 5.26 Å². The average molecular weight is 301 g/mol. The van der Waals surface area contributed by atoms with Crippen molar-refractivity contribution < 1.29 is 4.79 Å². The number of thioether (sulfide) groups is 1. The van der Waals surface area contributed by atoms with E-state index >= 15 is 0 Å². The zero-order valence-electron chi connectivity index (χ0n) is 11.6. The second-order valence-electron chi connectivity index (χ2n) is 4.28. The fraction of sp³-hybridized carbons (Fsp3) is 0.286. The highest BCUT2D eigenvalue weighted by atomic mass is 32.2. The summed E-state index contributed by atoms with van der Waals surface area (Å²) in [7, 11) is 0. The van der Waals surface area contributed by atoms with E-state index in [1.807, 2.05) is 37.3 Å². The van der Waals surface area contributed by atoms with Crippen LogP contribution in [-0.2, 0) is 4.79 Å². The van der Waals surface area contributed by atoms with Gasteiger partial charge < -0.3 is 4.90 Å². The number of aromatic amines is 1. The van der Waals surface area contributed by atoms with Crippen molar-refractivity contribution in [1.29, 1.82) is 5.26 Å². The molecule has 0 bridgehead atoms. The van der Waals surface area contributed by atoms with E-state index in [0.29, 0.717) is 18.1 Å². The van der Waals surface area contributed by atoms with Crippen LogP contribution in [0.15, 0.2) is 41.8 Å². The van der Waals surface area contributed by atoms with Crippen molar-refractivity contribution in [2.75, 3.05) is 11.4 Å². The molecule has 7 heteroatoms. The molecule has 0 aliphatic heterocycles. The molecule has 1 N–H and O–H groups in total. The number of para-hydroxylation sites is 1. The average Bonchev–Trinajstić information content (AvgIpc) is 3.01. The number of nitrogens with zero attached hydrogens (tertiary/aromatic N) is 4. The van der Waals surface area contributed by atoms with Gasteiger partial charge >= 0.3 is 0 Å². The second kappa shape index (κ2) is 7.45. The van der Waals surface area contributed by atoms with Crippen molar-refractivity contribution in [1.82, 2.24) is 15.2 Å². The minimum absolute atomic E-state index is 0.0575. The standard InChI is InChI=1S/C14H15N5OS/c1-11(21-14-16-10-17-18-14)13(20)19(9-5-8-15)12-6-3-2-4-7-12/h2-4,6-7,10-11H,5,9H2,1H3,(H,16,17,18)/t11-/m0/s1. The highest BCUT2D eigenvalue weighted by Gasteiger charge is 2.23. The van der Waals surface area contributed by atoms with E-state index in [0.717, 1.165) is 5.69 Å². The summed E-state index contributed by atoms with van der Waals surface area (Å²) in [5.74, 6) is -0.0575. The number of carbonyl (C=O) groups excluding carboxylic acids is 1. The van der Waals surface area contributed by atoms with Gasteiger partial charge in [0.25, 0.3) is 0 Å². The van der Waals surface area contributed by atoms with Crippen molar-refractivity contribution >= 4 is 23.4 Å². The number of hydrogen-bond donors (Lipinski definition) is 1. The van der Waals surface area contributed by atoms with Gasteiger partial charge in [-0.1, -0.05) is 30.0 Å². The lowest BCUT2D eigenvalue weighted by atomic mass is 10.2. The number of carbonyl (C=O) groups is 1. The Hall–Kier alpha value is -2.33. The van der Waals surface area contributed by atoms with Crippen LogP contribution in [0.3, 0.4) is 0 Å². The predicted octanol–water partition coefficient (Wildman–Crippen LogP) is 2.23. The van der Waals surface area contributed by atoms with Gasteiger partial charge in [0.1, 0.15) is 6.33 Å². The molecule has 1 atom stereocenters. The van der Waals surface area contributed by atoms with Crippen LogP contribution in [0.5, 0.6) is 0 Å². The lowest BCUT2D eigenvalue weighted by Gasteiger charge is -2.24. The molecule has 0 saturated carbocycles. The topological polar surface area (TPSA) is 85.7 Å². The number of H-pyrrole nitrogens is 1. The molecule has 0 aliphatic carbocycles. The Kier molecular flexibility index (Phi) is 5.35. The SMILES string of the molecule is C[C@H](Sc1ncn[nH]1)C(=O)N(CCC#N)c1ccccc1. The van der Waals surface area contributed by atoms with Gasteiger partial charge in [0.2, 0.25) is 5.91 Å². The van der Waals surface area contributed by atoms with Crippen LogP contribution in [-0.4, -0.2) is 32.9 Å². The number of amides is 1. The number of hydrogen-bond acceptors (Lipinski definition) is 5. The van der Waals surface area contributed by atoms with Gasteiger partial charge in [-0.25, -0.2) is 4.98 Å². The third-order valence-corrected chi connectivity index (χ3v) is 3.79. The Morgan fingerprint density at radius 2 is 2.24 bits per heavy atom.